The molecule has 148 valence electrons. The highest BCUT2D eigenvalue weighted by atomic mass is 16.5. The maximum Gasteiger partial charge on any atom is 0.234 e. The van der Waals surface area contributed by atoms with E-state index in [-0.39, 0.29) is 5.91 Å². The van der Waals surface area contributed by atoms with Crippen LogP contribution in [0.1, 0.15) is 24.1 Å². The van der Waals surface area contributed by atoms with Gasteiger partial charge in [0.1, 0.15) is 12.4 Å². The molecule has 1 N–H and O–H groups in total. The number of nitrogens with zero attached hydrogens (tertiary/aromatic N) is 3. The van der Waals surface area contributed by atoms with Crippen molar-refractivity contribution in [2.24, 2.45) is 0 Å². The third kappa shape index (κ3) is 5.78. The van der Waals surface area contributed by atoms with Crippen LogP contribution in [0.3, 0.4) is 0 Å². The van der Waals surface area contributed by atoms with Crippen molar-refractivity contribution >= 4 is 5.91 Å². The minimum atomic E-state index is 0.178. The first-order valence-corrected chi connectivity index (χ1v) is 10.1. The van der Waals surface area contributed by atoms with E-state index < -0.39 is 0 Å². The van der Waals surface area contributed by atoms with Crippen LogP contribution in [-0.2, 0) is 17.9 Å². The summed E-state index contributed by atoms with van der Waals surface area (Å²) in [4.78, 5) is 20.9. The van der Waals surface area contributed by atoms with Crippen LogP contribution in [-0.4, -0.2) is 59.5 Å². The number of rotatable bonds is 8. The molecule has 1 aromatic heterocycles. The lowest BCUT2D eigenvalue weighted by molar-refractivity contribution is -0.122. The summed E-state index contributed by atoms with van der Waals surface area (Å²) in [5.74, 6) is 1.04. The maximum absolute atomic E-state index is 11.9. The SMILES string of the molecule is O=C(CN1CCN(Cc2ccc(OCc3ccccn3)cc2)CC1)NC1CC1. The predicted molar refractivity (Wildman–Crippen MR) is 108 cm³/mol. The summed E-state index contributed by atoms with van der Waals surface area (Å²) in [6.45, 7) is 5.84. The smallest absolute Gasteiger partial charge is 0.234 e. The highest BCUT2D eigenvalue weighted by Crippen LogP contribution is 2.18. The summed E-state index contributed by atoms with van der Waals surface area (Å²) in [6.07, 6.45) is 4.07. The summed E-state index contributed by atoms with van der Waals surface area (Å²) < 4.78 is 5.80. The lowest BCUT2D eigenvalue weighted by Crippen LogP contribution is -2.49. The average Bonchev–Trinajstić information content (AvgIpc) is 3.54. The van der Waals surface area contributed by atoms with Gasteiger partial charge in [-0.1, -0.05) is 18.2 Å². The predicted octanol–water partition coefficient (Wildman–Crippen LogP) is 2.06. The van der Waals surface area contributed by atoms with Crippen molar-refractivity contribution in [3.8, 4) is 5.75 Å². The van der Waals surface area contributed by atoms with E-state index in [9.17, 15) is 4.79 Å². The van der Waals surface area contributed by atoms with Crippen molar-refractivity contribution in [3.05, 3.63) is 59.9 Å². The second kappa shape index (κ2) is 9.17. The van der Waals surface area contributed by atoms with Gasteiger partial charge in [-0.3, -0.25) is 19.6 Å². The van der Waals surface area contributed by atoms with E-state index in [0.717, 1.165) is 57.0 Å². The molecule has 0 bridgehead atoms. The normalized spacial score (nSPS) is 18.0. The van der Waals surface area contributed by atoms with Gasteiger partial charge in [0.15, 0.2) is 0 Å². The molecular weight excluding hydrogens is 352 g/mol. The van der Waals surface area contributed by atoms with Crippen molar-refractivity contribution in [2.45, 2.75) is 32.0 Å². The molecule has 0 atom stereocenters. The third-order valence-electron chi connectivity index (χ3n) is 5.22. The van der Waals surface area contributed by atoms with Gasteiger partial charge in [-0.15, -0.1) is 0 Å². The topological polar surface area (TPSA) is 57.7 Å². The molecule has 1 amide bonds. The Bertz CT molecular complexity index is 754. The summed E-state index contributed by atoms with van der Waals surface area (Å²) >= 11 is 0. The van der Waals surface area contributed by atoms with E-state index in [2.05, 4.69) is 32.2 Å². The van der Waals surface area contributed by atoms with Gasteiger partial charge in [0.05, 0.1) is 12.2 Å². The standard InChI is InChI=1S/C22H28N4O2/c27-22(24-19-6-7-19)16-26-13-11-25(12-14-26)15-18-4-8-21(9-5-18)28-17-20-3-1-2-10-23-20/h1-5,8-10,19H,6-7,11-17H2,(H,24,27). The van der Waals surface area contributed by atoms with Crippen LogP contribution in [0.5, 0.6) is 5.75 Å². The molecule has 1 aliphatic heterocycles. The molecule has 2 heterocycles. The molecule has 1 aliphatic carbocycles. The van der Waals surface area contributed by atoms with E-state index in [4.69, 9.17) is 4.74 Å². The summed E-state index contributed by atoms with van der Waals surface area (Å²) in [5, 5.41) is 3.07. The number of carbonyl (C=O) groups is 1. The maximum atomic E-state index is 11.9. The van der Waals surface area contributed by atoms with Crippen LogP contribution in [0, 0.1) is 0 Å². The minimum absolute atomic E-state index is 0.178. The van der Waals surface area contributed by atoms with Crippen molar-refractivity contribution in [2.75, 3.05) is 32.7 Å². The van der Waals surface area contributed by atoms with Gasteiger partial charge in [-0.2, -0.15) is 0 Å². The average molecular weight is 380 g/mol. The Hall–Kier alpha value is -2.44. The summed E-state index contributed by atoms with van der Waals surface area (Å²) in [7, 11) is 0. The first kappa shape index (κ1) is 18.9. The number of ether oxygens (including phenoxy) is 1. The Labute approximate surface area is 166 Å². The Morgan fingerprint density at radius 1 is 1.04 bits per heavy atom. The van der Waals surface area contributed by atoms with E-state index in [1.54, 1.807) is 6.20 Å². The number of aromatic nitrogens is 1. The van der Waals surface area contributed by atoms with Gasteiger partial charge in [-0.05, 0) is 42.7 Å². The van der Waals surface area contributed by atoms with Crippen LogP contribution in [0.25, 0.3) is 0 Å². The zero-order chi connectivity index (χ0) is 19.2. The minimum Gasteiger partial charge on any atom is -0.487 e. The Morgan fingerprint density at radius 2 is 1.79 bits per heavy atom. The van der Waals surface area contributed by atoms with Crippen molar-refractivity contribution in [1.82, 2.24) is 20.1 Å². The fourth-order valence-corrected chi connectivity index (χ4v) is 3.40. The van der Waals surface area contributed by atoms with Crippen LogP contribution in [0.2, 0.25) is 0 Å². The largest absolute Gasteiger partial charge is 0.487 e. The Balaban J connectivity index is 1.18. The molecule has 28 heavy (non-hydrogen) atoms. The molecule has 2 aromatic rings. The fraction of sp³-hybridized carbons (Fsp3) is 0.455. The van der Waals surface area contributed by atoms with Gasteiger partial charge in [-0.25, -0.2) is 0 Å². The number of pyridine rings is 1. The van der Waals surface area contributed by atoms with Gasteiger partial charge < -0.3 is 10.1 Å². The first-order chi connectivity index (χ1) is 13.7. The van der Waals surface area contributed by atoms with Crippen LogP contribution >= 0.6 is 0 Å². The molecule has 6 heteroatoms. The number of amides is 1. The van der Waals surface area contributed by atoms with Crippen molar-refractivity contribution < 1.29 is 9.53 Å². The van der Waals surface area contributed by atoms with E-state index in [1.165, 1.54) is 5.56 Å². The summed E-state index contributed by atoms with van der Waals surface area (Å²) in [5.41, 5.74) is 2.21. The van der Waals surface area contributed by atoms with Gasteiger partial charge in [0, 0.05) is 45.0 Å². The number of hydrogen-bond donors (Lipinski definition) is 1. The number of carbonyl (C=O) groups excluding carboxylic acids is 1. The summed E-state index contributed by atoms with van der Waals surface area (Å²) in [6, 6.07) is 14.6. The van der Waals surface area contributed by atoms with E-state index in [0.29, 0.717) is 19.2 Å². The Kier molecular flexibility index (Phi) is 6.19. The van der Waals surface area contributed by atoms with Crippen LogP contribution in [0.15, 0.2) is 48.7 Å². The van der Waals surface area contributed by atoms with Crippen LogP contribution < -0.4 is 10.1 Å². The second-order valence-electron chi connectivity index (χ2n) is 7.65. The highest BCUT2D eigenvalue weighted by Gasteiger charge is 2.25. The van der Waals surface area contributed by atoms with Gasteiger partial charge in [0.25, 0.3) is 0 Å². The molecule has 1 saturated carbocycles. The number of nitrogens with one attached hydrogen (secondary N) is 1. The lowest BCUT2D eigenvalue weighted by atomic mass is 10.2. The highest BCUT2D eigenvalue weighted by molar-refractivity contribution is 5.78. The number of benzene rings is 1. The molecular formula is C22H28N4O2. The second-order valence-corrected chi connectivity index (χ2v) is 7.65. The molecule has 0 spiro atoms. The monoisotopic (exact) mass is 380 g/mol. The molecule has 1 saturated heterocycles. The third-order valence-corrected chi connectivity index (χ3v) is 5.22. The van der Waals surface area contributed by atoms with E-state index in [1.807, 2.05) is 30.3 Å². The molecule has 2 fully saturated rings. The molecule has 4 rings (SSSR count). The quantitative estimate of drug-likeness (QED) is 0.760. The molecule has 1 aromatic carbocycles. The Morgan fingerprint density at radius 3 is 2.46 bits per heavy atom. The molecule has 2 aliphatic rings. The van der Waals surface area contributed by atoms with E-state index >= 15 is 0 Å². The molecule has 6 nitrogen and oxygen atoms in total. The fourth-order valence-electron chi connectivity index (χ4n) is 3.40. The molecule has 0 unspecified atom stereocenters. The number of hydrogen-bond acceptors (Lipinski definition) is 5. The van der Waals surface area contributed by atoms with Gasteiger partial charge >= 0.3 is 0 Å². The first-order valence-electron chi connectivity index (χ1n) is 10.1. The van der Waals surface area contributed by atoms with Crippen molar-refractivity contribution in [1.29, 1.82) is 0 Å². The van der Waals surface area contributed by atoms with Crippen molar-refractivity contribution in [3.63, 3.8) is 0 Å². The molecule has 0 radical (unpaired) electrons. The van der Waals surface area contributed by atoms with Crippen LogP contribution in [0.4, 0.5) is 0 Å². The zero-order valence-electron chi connectivity index (χ0n) is 16.2. The zero-order valence-corrected chi connectivity index (χ0v) is 16.2. The van der Waals surface area contributed by atoms with Gasteiger partial charge in [0.2, 0.25) is 5.91 Å². The lowest BCUT2D eigenvalue weighted by Gasteiger charge is -2.34. The number of piperazine rings is 1.